The van der Waals surface area contributed by atoms with Gasteiger partial charge in [0, 0.05) is 61.1 Å². The van der Waals surface area contributed by atoms with Gasteiger partial charge >= 0.3 is 0 Å². The number of aromatic nitrogens is 6. The summed E-state index contributed by atoms with van der Waals surface area (Å²) in [5.74, 6) is 0.606. The number of anilines is 1. The Morgan fingerprint density at radius 1 is 1.16 bits per heavy atom. The third-order valence-electron chi connectivity index (χ3n) is 7.18. The predicted molar refractivity (Wildman–Crippen MR) is 121 cm³/mol. The van der Waals surface area contributed by atoms with Gasteiger partial charge in [-0.2, -0.15) is 10.1 Å². The predicted octanol–water partition coefficient (Wildman–Crippen LogP) is 3.36. The number of nitrogens with two attached hydrogens (primary N) is 1. The van der Waals surface area contributed by atoms with E-state index in [2.05, 4.69) is 20.0 Å². The zero-order chi connectivity index (χ0) is 21.6. The molecule has 0 aliphatic carbocycles. The molecule has 0 amide bonds. The normalized spacial score (nSPS) is 23.2. The number of imidazole rings is 1. The minimum Gasteiger partial charge on any atom is -0.345 e. The number of H-pyrrole nitrogens is 1. The quantitative estimate of drug-likeness (QED) is 0.448. The molecule has 2 fully saturated rings. The molecule has 1 aromatic carbocycles. The van der Waals surface area contributed by atoms with Gasteiger partial charge in [0.05, 0.1) is 16.3 Å². The zero-order valence-electron chi connectivity index (χ0n) is 17.7. The van der Waals surface area contributed by atoms with Crippen LogP contribution in [-0.4, -0.2) is 47.3 Å². The van der Waals surface area contributed by atoms with Crippen molar-refractivity contribution in [2.75, 3.05) is 4.90 Å². The summed E-state index contributed by atoms with van der Waals surface area (Å²) in [4.78, 5) is 15.4. The molecule has 32 heavy (non-hydrogen) atoms. The number of hydrogen-bond acceptors (Lipinski definition) is 5. The van der Waals surface area contributed by atoms with Crippen LogP contribution >= 0.6 is 0 Å². The minimum absolute atomic E-state index is 0.258. The third kappa shape index (κ3) is 2.37. The molecule has 6 heterocycles. The van der Waals surface area contributed by atoms with Crippen LogP contribution in [0.25, 0.3) is 38.7 Å². The molecule has 2 saturated heterocycles. The molecule has 2 bridgehead atoms. The SMILES string of the molecule is Cn1cc2c(F)c(-c3c[nH]c4nc(N5[C@@H]6CC[C@H]5CC(N)C6)n5ccnc5c34)ccc2n1. The Morgan fingerprint density at radius 2 is 1.97 bits per heavy atom. The molecule has 0 saturated carbocycles. The lowest BCUT2D eigenvalue weighted by Crippen LogP contribution is -2.48. The van der Waals surface area contributed by atoms with Crippen LogP contribution < -0.4 is 10.6 Å². The van der Waals surface area contributed by atoms with Crippen molar-refractivity contribution >= 4 is 33.5 Å². The van der Waals surface area contributed by atoms with E-state index < -0.39 is 0 Å². The van der Waals surface area contributed by atoms with E-state index in [1.54, 1.807) is 30.2 Å². The molecule has 3 N–H and O–H groups in total. The second kappa shape index (κ2) is 6.29. The Hall–Kier alpha value is -3.46. The number of nitrogens with zero attached hydrogens (tertiary/aromatic N) is 6. The number of hydrogen-bond donors (Lipinski definition) is 2. The van der Waals surface area contributed by atoms with Crippen LogP contribution in [0.4, 0.5) is 10.3 Å². The number of benzene rings is 1. The topological polar surface area (TPSA) is 93.1 Å². The van der Waals surface area contributed by atoms with Gasteiger partial charge in [0.1, 0.15) is 11.5 Å². The van der Waals surface area contributed by atoms with Crippen molar-refractivity contribution in [1.82, 2.24) is 29.1 Å². The van der Waals surface area contributed by atoms with Crippen molar-refractivity contribution in [3.8, 4) is 11.1 Å². The molecule has 9 heteroatoms. The van der Waals surface area contributed by atoms with Gasteiger partial charge in [-0.05, 0) is 37.8 Å². The maximum atomic E-state index is 15.5. The molecule has 1 unspecified atom stereocenters. The first-order valence-electron chi connectivity index (χ1n) is 11.1. The standard InChI is InChI=1S/C23H23FN8/c1-30-11-17-18(29-30)5-4-15(20(17)24)16-10-27-21-19(16)22-26-6-7-31(22)23(28-21)32-13-2-3-14(32)9-12(25)8-13/h4-7,10-14,27H,2-3,8-9,25H2,1H3/t12?,13-,14+. The number of rotatable bonds is 2. The fraction of sp³-hybridized carbons (Fsp3) is 0.348. The van der Waals surface area contributed by atoms with Crippen molar-refractivity contribution in [3.05, 3.63) is 42.7 Å². The largest absolute Gasteiger partial charge is 0.345 e. The van der Waals surface area contributed by atoms with E-state index in [0.29, 0.717) is 34.2 Å². The van der Waals surface area contributed by atoms with E-state index >= 15 is 4.39 Å². The molecule has 162 valence electrons. The van der Waals surface area contributed by atoms with Gasteiger partial charge in [-0.1, -0.05) is 0 Å². The van der Waals surface area contributed by atoms with Crippen LogP contribution in [0.3, 0.4) is 0 Å². The lowest BCUT2D eigenvalue weighted by atomic mass is 9.98. The van der Waals surface area contributed by atoms with Gasteiger partial charge in [-0.3, -0.25) is 9.08 Å². The van der Waals surface area contributed by atoms with Crippen LogP contribution in [0, 0.1) is 5.82 Å². The van der Waals surface area contributed by atoms with Crippen LogP contribution in [0.1, 0.15) is 25.7 Å². The average Bonchev–Trinajstić information content (AvgIpc) is 3.52. The number of fused-ring (bicyclic) bond motifs is 6. The second-order valence-electron chi connectivity index (χ2n) is 9.15. The van der Waals surface area contributed by atoms with Gasteiger partial charge < -0.3 is 15.6 Å². The molecule has 0 radical (unpaired) electrons. The van der Waals surface area contributed by atoms with E-state index in [4.69, 9.17) is 10.7 Å². The Balaban J connectivity index is 1.44. The highest BCUT2D eigenvalue weighted by molar-refractivity contribution is 6.04. The number of halogens is 1. The van der Waals surface area contributed by atoms with Crippen LogP contribution in [-0.2, 0) is 7.05 Å². The fourth-order valence-electron chi connectivity index (χ4n) is 5.86. The Morgan fingerprint density at radius 3 is 2.78 bits per heavy atom. The van der Waals surface area contributed by atoms with E-state index in [1.165, 1.54) is 0 Å². The first kappa shape index (κ1) is 18.1. The first-order valence-corrected chi connectivity index (χ1v) is 11.1. The molecular weight excluding hydrogens is 407 g/mol. The number of aryl methyl sites for hydroxylation is 1. The van der Waals surface area contributed by atoms with E-state index in [0.717, 1.165) is 48.2 Å². The van der Waals surface area contributed by atoms with E-state index in [1.807, 2.05) is 22.9 Å². The molecule has 0 spiro atoms. The maximum Gasteiger partial charge on any atom is 0.213 e. The summed E-state index contributed by atoms with van der Waals surface area (Å²) in [6.45, 7) is 0. The summed E-state index contributed by atoms with van der Waals surface area (Å²) in [5.41, 5.74) is 9.69. The Kier molecular flexibility index (Phi) is 3.57. The minimum atomic E-state index is -0.284. The maximum absolute atomic E-state index is 15.5. The smallest absolute Gasteiger partial charge is 0.213 e. The number of piperidine rings is 1. The second-order valence-corrected chi connectivity index (χ2v) is 9.15. The molecule has 7 rings (SSSR count). The van der Waals surface area contributed by atoms with Crippen molar-refractivity contribution in [2.45, 2.75) is 43.8 Å². The number of aromatic amines is 1. The summed E-state index contributed by atoms with van der Waals surface area (Å²) >= 11 is 0. The Labute approximate surface area is 182 Å². The molecular formula is C23H23FN8. The lowest BCUT2D eigenvalue weighted by Gasteiger charge is -2.38. The fourth-order valence-corrected chi connectivity index (χ4v) is 5.86. The lowest BCUT2D eigenvalue weighted by molar-refractivity contribution is 0.408. The van der Waals surface area contributed by atoms with Crippen molar-refractivity contribution in [1.29, 1.82) is 0 Å². The average molecular weight is 430 g/mol. The van der Waals surface area contributed by atoms with Crippen molar-refractivity contribution < 1.29 is 4.39 Å². The molecule has 2 aliphatic heterocycles. The third-order valence-corrected chi connectivity index (χ3v) is 7.18. The zero-order valence-corrected chi connectivity index (χ0v) is 17.7. The molecule has 3 atom stereocenters. The summed E-state index contributed by atoms with van der Waals surface area (Å²) in [7, 11) is 1.80. The highest BCUT2D eigenvalue weighted by Gasteiger charge is 2.41. The molecule has 4 aromatic heterocycles. The Bertz CT molecular complexity index is 1500. The van der Waals surface area contributed by atoms with Crippen LogP contribution in [0.15, 0.2) is 36.9 Å². The summed E-state index contributed by atoms with van der Waals surface area (Å²) in [5, 5.41) is 5.64. The van der Waals surface area contributed by atoms with Crippen molar-refractivity contribution in [3.63, 3.8) is 0 Å². The highest BCUT2D eigenvalue weighted by Crippen LogP contribution is 2.41. The van der Waals surface area contributed by atoms with Gasteiger partial charge in [0.15, 0.2) is 5.65 Å². The summed E-state index contributed by atoms with van der Waals surface area (Å²) < 4.78 is 19.2. The summed E-state index contributed by atoms with van der Waals surface area (Å²) in [6, 6.07) is 4.70. The first-order chi connectivity index (χ1) is 15.6. The van der Waals surface area contributed by atoms with Crippen LogP contribution in [0.5, 0.6) is 0 Å². The molecule has 2 aliphatic rings. The van der Waals surface area contributed by atoms with E-state index in [-0.39, 0.29) is 11.9 Å². The highest BCUT2D eigenvalue weighted by atomic mass is 19.1. The monoisotopic (exact) mass is 430 g/mol. The molecule has 5 aromatic rings. The summed E-state index contributed by atoms with van der Waals surface area (Å²) in [6.07, 6.45) is 11.5. The number of nitrogens with one attached hydrogen (secondary N) is 1. The van der Waals surface area contributed by atoms with Gasteiger partial charge in [-0.25, -0.2) is 9.37 Å². The van der Waals surface area contributed by atoms with E-state index in [9.17, 15) is 0 Å². The van der Waals surface area contributed by atoms with Gasteiger partial charge in [-0.15, -0.1) is 0 Å². The molecule has 8 nitrogen and oxygen atoms in total. The van der Waals surface area contributed by atoms with Gasteiger partial charge in [0.25, 0.3) is 0 Å². The van der Waals surface area contributed by atoms with Gasteiger partial charge in [0.2, 0.25) is 5.95 Å². The van der Waals surface area contributed by atoms with Crippen molar-refractivity contribution in [2.24, 2.45) is 12.8 Å². The van der Waals surface area contributed by atoms with Crippen LogP contribution in [0.2, 0.25) is 0 Å².